The van der Waals surface area contributed by atoms with Crippen molar-refractivity contribution in [3.8, 4) is 0 Å². The monoisotopic (exact) mass is 401 g/mol. The molecule has 4 nitrogen and oxygen atoms in total. The van der Waals surface area contributed by atoms with E-state index in [9.17, 15) is 13.6 Å². The largest absolute Gasteiger partial charge is 0.371 e. The number of benzene rings is 1. The highest BCUT2D eigenvalue weighted by Gasteiger charge is 2.61. The van der Waals surface area contributed by atoms with Crippen molar-refractivity contribution in [1.29, 1.82) is 0 Å². The summed E-state index contributed by atoms with van der Waals surface area (Å²) < 4.78 is 27.3. The molecule has 0 aromatic heterocycles. The average molecular weight is 402 g/mol. The molecule has 1 saturated heterocycles. The summed E-state index contributed by atoms with van der Waals surface area (Å²) in [5.41, 5.74) is 8.98. The molecule has 2 aliphatic carbocycles. The molecule has 3 N–H and O–H groups in total. The van der Waals surface area contributed by atoms with Crippen LogP contribution < -0.4 is 16.2 Å². The third-order valence-electron chi connectivity index (χ3n) is 7.55. The van der Waals surface area contributed by atoms with Crippen molar-refractivity contribution >= 4 is 5.78 Å². The van der Waals surface area contributed by atoms with Gasteiger partial charge in [-0.3, -0.25) is 10.2 Å². The molecule has 4 aliphatic rings. The van der Waals surface area contributed by atoms with Gasteiger partial charge in [0.1, 0.15) is 0 Å². The summed E-state index contributed by atoms with van der Waals surface area (Å²) in [5, 5.41) is 3.58. The first-order valence-corrected chi connectivity index (χ1v) is 10.6. The molecule has 5 rings (SSSR count). The highest BCUT2D eigenvalue weighted by atomic mass is 19.3. The van der Waals surface area contributed by atoms with Gasteiger partial charge in [-0.25, -0.2) is 14.2 Å². The number of carbonyl (C=O) groups excluding carboxylic acids is 1. The number of allylic oxidation sites excluding steroid dienone is 2. The zero-order chi connectivity index (χ0) is 20.6. The number of rotatable bonds is 2. The number of hydrogen-bond donors (Lipinski definition) is 3. The third-order valence-corrected chi connectivity index (χ3v) is 7.55. The van der Waals surface area contributed by atoms with Gasteiger partial charge < -0.3 is 5.32 Å². The highest BCUT2D eigenvalue weighted by Crippen LogP contribution is 2.55. The van der Waals surface area contributed by atoms with E-state index in [1.165, 1.54) is 0 Å². The Morgan fingerprint density at radius 3 is 2.34 bits per heavy atom. The molecule has 2 heterocycles. The topological polar surface area (TPSA) is 53.2 Å². The van der Waals surface area contributed by atoms with Crippen LogP contribution in [0, 0.1) is 17.3 Å². The Bertz CT molecular complexity index is 873. The number of hydrazine groups is 1. The van der Waals surface area contributed by atoms with Crippen molar-refractivity contribution in [3.05, 3.63) is 47.2 Å². The van der Waals surface area contributed by atoms with Crippen LogP contribution in [0.2, 0.25) is 0 Å². The Morgan fingerprint density at radius 1 is 1.00 bits per heavy atom. The van der Waals surface area contributed by atoms with Crippen LogP contribution in [-0.2, 0) is 10.2 Å². The van der Waals surface area contributed by atoms with Gasteiger partial charge in [0, 0.05) is 47.9 Å². The third kappa shape index (κ3) is 2.87. The first kappa shape index (κ1) is 19.2. The van der Waals surface area contributed by atoms with Gasteiger partial charge in [0.25, 0.3) is 0 Å². The number of fused-ring (bicyclic) bond motifs is 1. The SMILES string of the molecule is CC1(C)CC(=O)C2=C(C1)NC1NNC(C3CC(F)(F)C3)C1[C@@]2(C)c1ccccc1. The number of Topliss-reactive ketones (excluding diaryl/α,β-unsaturated/α-hetero) is 1. The van der Waals surface area contributed by atoms with Crippen LogP contribution in [-0.4, -0.2) is 23.9 Å². The second kappa shape index (κ2) is 6.11. The second-order valence-electron chi connectivity index (χ2n) is 10.3. The van der Waals surface area contributed by atoms with Crippen LogP contribution in [0.25, 0.3) is 0 Å². The summed E-state index contributed by atoms with van der Waals surface area (Å²) in [4.78, 5) is 13.4. The lowest BCUT2D eigenvalue weighted by molar-refractivity contribution is -0.126. The van der Waals surface area contributed by atoms with Crippen LogP contribution in [0.1, 0.15) is 52.0 Å². The van der Waals surface area contributed by atoms with Gasteiger partial charge >= 0.3 is 0 Å². The fourth-order valence-corrected chi connectivity index (χ4v) is 6.29. The quantitative estimate of drug-likeness (QED) is 0.708. The van der Waals surface area contributed by atoms with Gasteiger partial charge in [-0.1, -0.05) is 51.1 Å². The molecule has 4 atom stereocenters. The number of ketones is 1. The van der Waals surface area contributed by atoms with E-state index in [2.05, 4.69) is 49.1 Å². The maximum absolute atomic E-state index is 13.7. The number of carbonyl (C=O) groups is 1. The van der Waals surface area contributed by atoms with Crippen molar-refractivity contribution in [2.24, 2.45) is 17.3 Å². The summed E-state index contributed by atoms with van der Waals surface area (Å²) in [6.45, 7) is 6.40. The van der Waals surface area contributed by atoms with Crippen molar-refractivity contribution in [3.63, 3.8) is 0 Å². The van der Waals surface area contributed by atoms with Crippen LogP contribution in [0.15, 0.2) is 41.6 Å². The van der Waals surface area contributed by atoms with E-state index in [4.69, 9.17) is 0 Å². The molecule has 2 fully saturated rings. The number of hydrogen-bond acceptors (Lipinski definition) is 4. The fourth-order valence-electron chi connectivity index (χ4n) is 6.29. The summed E-state index contributed by atoms with van der Waals surface area (Å²) >= 11 is 0. The number of halogens is 2. The van der Waals surface area contributed by atoms with Gasteiger partial charge in [0.2, 0.25) is 5.92 Å². The van der Waals surface area contributed by atoms with Crippen LogP contribution >= 0.6 is 0 Å². The van der Waals surface area contributed by atoms with E-state index < -0.39 is 11.3 Å². The first-order chi connectivity index (χ1) is 13.6. The summed E-state index contributed by atoms with van der Waals surface area (Å²) in [5.74, 6) is -2.52. The van der Waals surface area contributed by atoms with E-state index in [1.54, 1.807) is 0 Å². The van der Waals surface area contributed by atoms with E-state index in [0.717, 1.165) is 23.3 Å². The fraction of sp³-hybridized carbons (Fsp3) is 0.609. The molecule has 1 saturated carbocycles. The Kier molecular flexibility index (Phi) is 4.04. The minimum absolute atomic E-state index is 0.0325. The Hall–Kier alpha value is -1.79. The lowest BCUT2D eigenvalue weighted by atomic mass is 9.55. The molecule has 6 heteroatoms. The predicted octanol–water partition coefficient (Wildman–Crippen LogP) is 3.65. The van der Waals surface area contributed by atoms with E-state index in [-0.39, 0.29) is 48.1 Å². The van der Waals surface area contributed by atoms with Gasteiger partial charge in [0.05, 0.1) is 6.17 Å². The maximum Gasteiger partial charge on any atom is 0.248 e. The van der Waals surface area contributed by atoms with Gasteiger partial charge in [-0.05, 0) is 23.3 Å². The molecule has 0 bridgehead atoms. The molecule has 2 aliphatic heterocycles. The minimum atomic E-state index is -2.56. The van der Waals surface area contributed by atoms with E-state index in [1.807, 2.05) is 18.2 Å². The highest BCUT2D eigenvalue weighted by molar-refractivity contribution is 6.00. The molecule has 0 radical (unpaired) electrons. The lowest BCUT2D eigenvalue weighted by Gasteiger charge is -2.52. The van der Waals surface area contributed by atoms with Crippen molar-refractivity contribution in [1.82, 2.24) is 16.2 Å². The number of alkyl halides is 2. The minimum Gasteiger partial charge on any atom is -0.371 e. The van der Waals surface area contributed by atoms with Crippen LogP contribution in [0.4, 0.5) is 8.78 Å². The summed E-state index contributed by atoms with van der Waals surface area (Å²) in [6, 6.07) is 10.0. The molecule has 29 heavy (non-hydrogen) atoms. The molecule has 1 aromatic carbocycles. The Morgan fingerprint density at radius 2 is 1.69 bits per heavy atom. The summed E-state index contributed by atoms with van der Waals surface area (Å²) in [6.07, 6.45) is 1.05. The zero-order valence-electron chi connectivity index (χ0n) is 17.2. The van der Waals surface area contributed by atoms with Crippen LogP contribution in [0.3, 0.4) is 0 Å². The van der Waals surface area contributed by atoms with Crippen molar-refractivity contribution in [2.75, 3.05) is 0 Å². The Balaban J connectivity index is 1.63. The number of nitrogens with one attached hydrogen (secondary N) is 3. The van der Waals surface area contributed by atoms with E-state index >= 15 is 0 Å². The van der Waals surface area contributed by atoms with Gasteiger partial charge in [-0.2, -0.15) is 0 Å². The molecular formula is C23H29F2N3O. The molecule has 1 aromatic rings. The Labute approximate surface area is 170 Å². The van der Waals surface area contributed by atoms with Gasteiger partial charge in [-0.15, -0.1) is 0 Å². The summed E-state index contributed by atoms with van der Waals surface area (Å²) in [7, 11) is 0. The predicted molar refractivity (Wildman–Crippen MR) is 107 cm³/mol. The van der Waals surface area contributed by atoms with E-state index in [0.29, 0.717) is 6.42 Å². The molecule has 0 amide bonds. The second-order valence-corrected chi connectivity index (χ2v) is 10.3. The van der Waals surface area contributed by atoms with Crippen molar-refractivity contribution in [2.45, 2.75) is 70.0 Å². The zero-order valence-corrected chi connectivity index (χ0v) is 17.2. The normalized spacial score (nSPS) is 38.1. The lowest BCUT2D eigenvalue weighted by Crippen LogP contribution is -2.60. The molecule has 156 valence electrons. The molecule has 0 spiro atoms. The molecular weight excluding hydrogens is 372 g/mol. The smallest absolute Gasteiger partial charge is 0.248 e. The molecule has 3 unspecified atom stereocenters. The van der Waals surface area contributed by atoms with Crippen molar-refractivity contribution < 1.29 is 13.6 Å². The average Bonchev–Trinajstić information content (AvgIpc) is 3.03. The van der Waals surface area contributed by atoms with Gasteiger partial charge in [0.15, 0.2) is 5.78 Å². The van der Waals surface area contributed by atoms with Crippen LogP contribution in [0.5, 0.6) is 0 Å². The maximum atomic E-state index is 13.7. The standard InChI is InChI=1S/C23H29F2N3O/c1-21(2)11-15-17(16(29)12-21)22(3,14-7-5-4-6-8-14)18-19(27-28-20(18)26-15)13-9-23(24,25)10-13/h4-8,13,18-20,26-28H,9-12H2,1-3H3/t18?,19?,20?,22-/m0/s1. The first-order valence-electron chi connectivity index (χ1n) is 10.6.